The zero-order valence-electron chi connectivity index (χ0n) is 18.8. The minimum Gasteiger partial charge on any atom is -0.423 e. The lowest BCUT2D eigenvalue weighted by atomic mass is 9.97. The second-order valence-electron chi connectivity index (χ2n) is 8.09. The quantitative estimate of drug-likeness (QED) is 0.318. The summed E-state index contributed by atoms with van der Waals surface area (Å²) in [7, 11) is 0. The van der Waals surface area contributed by atoms with E-state index in [-0.39, 0.29) is 6.04 Å². The monoisotopic (exact) mass is 438 g/mol. The number of tetrazole rings is 1. The Kier molecular flexibility index (Phi) is 5.85. The van der Waals surface area contributed by atoms with Crippen LogP contribution in [0.1, 0.15) is 38.3 Å². The van der Waals surface area contributed by atoms with Gasteiger partial charge in [-0.3, -0.25) is 0 Å². The largest absolute Gasteiger partial charge is 0.423 e. The lowest BCUT2D eigenvalue weighted by Crippen LogP contribution is -2.28. The van der Waals surface area contributed by atoms with Gasteiger partial charge in [0.15, 0.2) is 5.58 Å². The molecule has 0 radical (unpaired) electrons. The predicted molar refractivity (Wildman–Crippen MR) is 130 cm³/mol. The molecule has 5 aromatic rings. The maximum absolute atomic E-state index is 6.11. The Balaban J connectivity index is 1.45. The van der Waals surface area contributed by atoms with Crippen LogP contribution in [-0.4, -0.2) is 32.2 Å². The Bertz CT molecular complexity index is 1290. The SMILES string of the molecule is CCCCN(c1nc2ccccc2o1)C(C)c1ccc(-c2ccccc2-c2nn[nH]n2)cc1. The summed E-state index contributed by atoms with van der Waals surface area (Å²) < 4.78 is 6.11. The number of para-hydroxylation sites is 2. The van der Waals surface area contributed by atoms with E-state index in [4.69, 9.17) is 9.40 Å². The lowest BCUT2D eigenvalue weighted by molar-refractivity contribution is 0.524. The minimum absolute atomic E-state index is 0.117. The van der Waals surface area contributed by atoms with E-state index in [1.54, 1.807) is 0 Å². The van der Waals surface area contributed by atoms with Crippen LogP contribution in [0.2, 0.25) is 0 Å². The molecule has 0 aliphatic carbocycles. The molecular formula is C26H26N6O. The zero-order valence-corrected chi connectivity index (χ0v) is 18.8. The van der Waals surface area contributed by atoms with Crippen LogP contribution in [0.15, 0.2) is 77.2 Å². The molecule has 3 aromatic carbocycles. The molecule has 0 spiro atoms. The fraction of sp³-hybridized carbons (Fsp3) is 0.231. The molecular weight excluding hydrogens is 412 g/mol. The summed E-state index contributed by atoms with van der Waals surface area (Å²) in [4.78, 5) is 7.01. The van der Waals surface area contributed by atoms with Crippen molar-refractivity contribution >= 4 is 17.1 Å². The number of anilines is 1. The van der Waals surface area contributed by atoms with Gasteiger partial charge in [0.2, 0.25) is 5.82 Å². The summed E-state index contributed by atoms with van der Waals surface area (Å²) in [6.07, 6.45) is 2.18. The first-order valence-corrected chi connectivity index (χ1v) is 11.3. The van der Waals surface area contributed by atoms with Crippen LogP contribution in [0.5, 0.6) is 0 Å². The maximum Gasteiger partial charge on any atom is 0.298 e. The number of H-pyrrole nitrogens is 1. The molecule has 1 atom stereocenters. The highest BCUT2D eigenvalue weighted by atomic mass is 16.4. The Labute approximate surface area is 192 Å². The van der Waals surface area contributed by atoms with E-state index < -0.39 is 0 Å². The normalized spacial score (nSPS) is 12.2. The van der Waals surface area contributed by atoms with Crippen molar-refractivity contribution in [2.75, 3.05) is 11.4 Å². The van der Waals surface area contributed by atoms with Gasteiger partial charge in [0.1, 0.15) is 5.52 Å². The molecule has 2 aromatic heterocycles. The second-order valence-corrected chi connectivity index (χ2v) is 8.09. The molecule has 7 heteroatoms. The molecule has 0 fully saturated rings. The van der Waals surface area contributed by atoms with E-state index >= 15 is 0 Å². The van der Waals surface area contributed by atoms with E-state index in [0.717, 1.165) is 47.2 Å². The molecule has 0 amide bonds. The fourth-order valence-electron chi connectivity index (χ4n) is 4.09. The summed E-state index contributed by atoms with van der Waals surface area (Å²) in [5.41, 5.74) is 6.02. The molecule has 0 saturated heterocycles. The number of benzene rings is 3. The van der Waals surface area contributed by atoms with Crippen LogP contribution >= 0.6 is 0 Å². The maximum atomic E-state index is 6.11. The Morgan fingerprint density at radius 3 is 2.42 bits per heavy atom. The van der Waals surface area contributed by atoms with Crippen LogP contribution in [0.4, 0.5) is 6.01 Å². The third kappa shape index (κ3) is 4.22. The standard InChI is InChI=1S/C26H26N6O/c1-3-4-17-32(26-27-23-11-7-8-12-24(23)33-26)18(2)19-13-15-20(16-14-19)21-9-5-6-10-22(21)25-28-30-31-29-25/h5-16,18H,3-4,17H2,1-2H3,(H,28,29,30,31). The molecule has 2 heterocycles. The molecule has 5 rings (SSSR count). The van der Waals surface area contributed by atoms with Gasteiger partial charge >= 0.3 is 0 Å². The number of hydrogen-bond donors (Lipinski definition) is 1. The number of oxazole rings is 1. The summed E-state index contributed by atoms with van der Waals surface area (Å²) in [6.45, 7) is 5.28. The number of aromatic amines is 1. The van der Waals surface area contributed by atoms with Gasteiger partial charge in [0, 0.05) is 12.1 Å². The summed E-state index contributed by atoms with van der Waals surface area (Å²) in [6, 6.07) is 25.4. The van der Waals surface area contributed by atoms with Gasteiger partial charge in [-0.1, -0.05) is 74.0 Å². The average molecular weight is 439 g/mol. The highest BCUT2D eigenvalue weighted by Crippen LogP contribution is 2.33. The average Bonchev–Trinajstić information content (AvgIpc) is 3.54. The zero-order chi connectivity index (χ0) is 22.6. The van der Waals surface area contributed by atoms with Crippen molar-refractivity contribution in [3.8, 4) is 22.5 Å². The molecule has 0 aliphatic rings. The number of aromatic nitrogens is 5. The van der Waals surface area contributed by atoms with E-state index in [9.17, 15) is 0 Å². The van der Waals surface area contributed by atoms with Crippen LogP contribution in [0, 0.1) is 0 Å². The Morgan fingerprint density at radius 1 is 0.939 bits per heavy atom. The molecule has 0 aliphatic heterocycles. The van der Waals surface area contributed by atoms with Crippen molar-refractivity contribution in [1.82, 2.24) is 25.6 Å². The number of nitrogens with zero attached hydrogens (tertiary/aromatic N) is 5. The molecule has 1 N–H and O–H groups in total. The van der Waals surface area contributed by atoms with Gasteiger partial charge in [0.05, 0.1) is 6.04 Å². The van der Waals surface area contributed by atoms with E-state index in [1.165, 1.54) is 5.56 Å². The Morgan fingerprint density at radius 2 is 1.70 bits per heavy atom. The Hall–Kier alpha value is -4.00. The van der Waals surface area contributed by atoms with E-state index in [2.05, 4.69) is 69.7 Å². The van der Waals surface area contributed by atoms with Crippen molar-refractivity contribution in [3.05, 3.63) is 78.4 Å². The molecule has 7 nitrogen and oxygen atoms in total. The number of hydrogen-bond acceptors (Lipinski definition) is 6. The first-order valence-electron chi connectivity index (χ1n) is 11.3. The van der Waals surface area contributed by atoms with Crippen molar-refractivity contribution in [3.63, 3.8) is 0 Å². The third-order valence-corrected chi connectivity index (χ3v) is 5.97. The number of unbranched alkanes of at least 4 members (excludes halogenated alkanes) is 1. The summed E-state index contributed by atoms with van der Waals surface area (Å²) in [5, 5.41) is 14.5. The summed E-state index contributed by atoms with van der Waals surface area (Å²) >= 11 is 0. The van der Waals surface area contributed by atoms with Crippen LogP contribution in [0.25, 0.3) is 33.6 Å². The van der Waals surface area contributed by atoms with Gasteiger partial charge in [-0.2, -0.15) is 10.2 Å². The number of rotatable bonds is 8. The van der Waals surface area contributed by atoms with Gasteiger partial charge in [-0.25, -0.2) is 0 Å². The highest BCUT2D eigenvalue weighted by molar-refractivity contribution is 5.80. The van der Waals surface area contributed by atoms with Crippen molar-refractivity contribution < 1.29 is 4.42 Å². The number of fused-ring (bicyclic) bond motifs is 1. The highest BCUT2D eigenvalue weighted by Gasteiger charge is 2.21. The fourth-order valence-corrected chi connectivity index (χ4v) is 4.09. The molecule has 0 bridgehead atoms. The molecule has 33 heavy (non-hydrogen) atoms. The van der Waals surface area contributed by atoms with Gasteiger partial charge in [-0.15, -0.1) is 10.2 Å². The smallest absolute Gasteiger partial charge is 0.298 e. The first-order chi connectivity index (χ1) is 16.2. The molecule has 1 unspecified atom stereocenters. The third-order valence-electron chi connectivity index (χ3n) is 5.97. The second kappa shape index (κ2) is 9.24. The van der Waals surface area contributed by atoms with Crippen molar-refractivity contribution in [2.24, 2.45) is 0 Å². The van der Waals surface area contributed by atoms with E-state index in [1.807, 2.05) is 42.5 Å². The van der Waals surface area contributed by atoms with Gasteiger partial charge in [0.25, 0.3) is 6.01 Å². The molecule has 0 saturated carbocycles. The van der Waals surface area contributed by atoms with Gasteiger partial charge < -0.3 is 9.32 Å². The summed E-state index contributed by atoms with van der Waals surface area (Å²) in [5.74, 6) is 0.588. The first kappa shape index (κ1) is 20.9. The van der Waals surface area contributed by atoms with Crippen molar-refractivity contribution in [2.45, 2.75) is 32.7 Å². The molecule has 166 valence electrons. The predicted octanol–water partition coefficient (Wildman–Crippen LogP) is 6.04. The van der Waals surface area contributed by atoms with Gasteiger partial charge in [-0.05, 0) is 47.4 Å². The van der Waals surface area contributed by atoms with Crippen molar-refractivity contribution in [1.29, 1.82) is 0 Å². The van der Waals surface area contributed by atoms with Crippen LogP contribution < -0.4 is 4.90 Å². The minimum atomic E-state index is 0.117. The lowest BCUT2D eigenvalue weighted by Gasteiger charge is -2.28. The van der Waals surface area contributed by atoms with Crippen LogP contribution in [0.3, 0.4) is 0 Å². The van der Waals surface area contributed by atoms with E-state index in [0.29, 0.717) is 11.8 Å². The van der Waals surface area contributed by atoms with Crippen LogP contribution in [-0.2, 0) is 0 Å². The topological polar surface area (TPSA) is 83.7 Å². The number of nitrogens with one attached hydrogen (secondary N) is 1.